The van der Waals surface area contributed by atoms with Gasteiger partial charge in [0.1, 0.15) is 12.6 Å². The Bertz CT molecular complexity index is 184. The Morgan fingerprint density at radius 2 is 1.38 bits per heavy atom. The van der Waals surface area contributed by atoms with Crippen molar-refractivity contribution in [1.29, 1.82) is 0 Å². The quantitative estimate of drug-likeness (QED) is 0.696. The van der Waals surface area contributed by atoms with E-state index in [0.717, 1.165) is 25.7 Å². The molecule has 0 aliphatic heterocycles. The van der Waals surface area contributed by atoms with Crippen LogP contribution >= 0.6 is 0 Å². The lowest BCUT2D eigenvalue weighted by Gasteiger charge is -2.27. The van der Waals surface area contributed by atoms with Crippen molar-refractivity contribution in [3.63, 3.8) is 0 Å². The summed E-state index contributed by atoms with van der Waals surface area (Å²) in [6, 6.07) is 0. The Hall–Kier alpha value is -0.700. The topological polar surface area (TPSA) is 54.4 Å². The van der Waals surface area contributed by atoms with Crippen LogP contribution in [-0.2, 0) is 9.59 Å². The summed E-state index contributed by atoms with van der Waals surface area (Å²) >= 11 is 0. The molecule has 16 heavy (non-hydrogen) atoms. The molecule has 0 aromatic rings. The summed E-state index contributed by atoms with van der Waals surface area (Å²) < 4.78 is 0. The Kier molecular flexibility index (Phi) is 8.35. The molecule has 1 N–H and O–H groups in total. The van der Waals surface area contributed by atoms with Gasteiger partial charge >= 0.3 is 0 Å². The molecule has 3 heteroatoms. The number of carbonyl (C=O) groups excluding carboxylic acids is 2. The molecule has 0 aromatic carbocycles. The average Bonchev–Trinajstić information content (AvgIpc) is 2.11. The van der Waals surface area contributed by atoms with Crippen LogP contribution in [0.4, 0.5) is 0 Å². The summed E-state index contributed by atoms with van der Waals surface area (Å²) in [5.74, 6) is 0.453. The highest BCUT2D eigenvalue weighted by Crippen LogP contribution is 2.32. The Morgan fingerprint density at radius 1 is 1.12 bits per heavy atom. The summed E-state index contributed by atoms with van der Waals surface area (Å²) in [5.41, 5.74) is -0.0616. The zero-order valence-corrected chi connectivity index (χ0v) is 11.3. The lowest BCUT2D eigenvalue weighted by Crippen LogP contribution is -2.20. The number of aliphatic hydroxyl groups is 1. The van der Waals surface area contributed by atoms with E-state index in [1.165, 1.54) is 0 Å². The number of rotatable bonds is 0. The minimum absolute atomic E-state index is 0.438. The van der Waals surface area contributed by atoms with Crippen molar-refractivity contribution in [3.8, 4) is 0 Å². The highest BCUT2D eigenvalue weighted by molar-refractivity contribution is 5.79. The van der Waals surface area contributed by atoms with Crippen molar-refractivity contribution >= 4 is 12.6 Å². The van der Waals surface area contributed by atoms with Gasteiger partial charge in [-0.15, -0.1) is 0 Å². The van der Waals surface area contributed by atoms with E-state index >= 15 is 0 Å². The first-order valence-electron chi connectivity index (χ1n) is 5.63. The van der Waals surface area contributed by atoms with E-state index < -0.39 is 5.60 Å². The molecule has 1 aliphatic carbocycles. The van der Waals surface area contributed by atoms with Gasteiger partial charge in [0.15, 0.2) is 0 Å². The van der Waals surface area contributed by atoms with Crippen LogP contribution in [0.2, 0.25) is 0 Å². The molecular formula is C13H26O3. The van der Waals surface area contributed by atoms with E-state index in [0.29, 0.717) is 11.2 Å². The molecule has 0 aromatic heterocycles. The Labute approximate surface area is 99.2 Å². The lowest BCUT2D eigenvalue weighted by atomic mass is 9.77. The molecule has 1 fully saturated rings. The maximum atomic E-state index is 10.8. The van der Waals surface area contributed by atoms with Gasteiger partial charge in [0, 0.05) is 12.8 Å². The van der Waals surface area contributed by atoms with E-state index in [4.69, 9.17) is 9.90 Å². The summed E-state index contributed by atoms with van der Waals surface area (Å²) in [7, 11) is 0. The van der Waals surface area contributed by atoms with Gasteiger partial charge in [-0.25, -0.2) is 0 Å². The monoisotopic (exact) mass is 230 g/mol. The first kappa shape index (κ1) is 17.7. The first-order valence-corrected chi connectivity index (χ1v) is 5.63. The Balaban J connectivity index is 0. The van der Waals surface area contributed by atoms with Gasteiger partial charge < -0.3 is 9.90 Å². The fourth-order valence-electron chi connectivity index (χ4n) is 1.21. The number of hydrogen-bond donors (Lipinski definition) is 1. The molecule has 1 saturated carbocycles. The summed E-state index contributed by atoms with van der Waals surface area (Å²) in [4.78, 5) is 18.8. The van der Waals surface area contributed by atoms with Gasteiger partial charge in [0.05, 0.1) is 5.60 Å². The van der Waals surface area contributed by atoms with Crippen LogP contribution in [0.3, 0.4) is 0 Å². The van der Waals surface area contributed by atoms with Crippen LogP contribution in [-0.4, -0.2) is 23.3 Å². The SMILES string of the molecule is C=O.CC(C)(C)O.CC1(C)CCC(=O)CC1. The minimum Gasteiger partial charge on any atom is -0.391 e. The standard InChI is InChI=1S/C8H14O.C4H10O.CH2O/c1-8(2)5-3-7(9)4-6-8;1-4(2,3)5;1-2/h3-6H2,1-2H3;5H,1-3H3;1H2. The van der Waals surface area contributed by atoms with E-state index in [1.807, 2.05) is 6.79 Å². The summed E-state index contributed by atoms with van der Waals surface area (Å²) in [6.45, 7) is 11.7. The second-order valence-electron chi connectivity index (χ2n) is 5.87. The molecule has 0 unspecified atom stereocenters. The third kappa shape index (κ3) is 15.8. The second kappa shape index (κ2) is 7.55. The largest absolute Gasteiger partial charge is 0.391 e. The first-order chi connectivity index (χ1) is 7.10. The molecule has 0 amide bonds. The zero-order valence-electron chi connectivity index (χ0n) is 11.3. The lowest BCUT2D eigenvalue weighted by molar-refractivity contribution is -0.122. The fourth-order valence-corrected chi connectivity index (χ4v) is 1.21. The smallest absolute Gasteiger partial charge is 0.132 e. The molecule has 0 heterocycles. The molecule has 3 nitrogen and oxygen atoms in total. The maximum Gasteiger partial charge on any atom is 0.132 e. The van der Waals surface area contributed by atoms with Gasteiger partial charge in [-0.05, 0) is 39.0 Å². The van der Waals surface area contributed by atoms with Crippen LogP contribution < -0.4 is 0 Å². The normalized spacial score (nSPS) is 18.8. The van der Waals surface area contributed by atoms with Gasteiger partial charge in [-0.1, -0.05) is 13.8 Å². The average molecular weight is 230 g/mol. The predicted molar refractivity (Wildman–Crippen MR) is 66.3 cm³/mol. The fraction of sp³-hybridized carbons (Fsp3) is 0.846. The molecular weight excluding hydrogens is 204 g/mol. The maximum absolute atomic E-state index is 10.8. The van der Waals surface area contributed by atoms with Gasteiger partial charge in [-0.3, -0.25) is 4.79 Å². The van der Waals surface area contributed by atoms with Crippen LogP contribution in [0.5, 0.6) is 0 Å². The molecule has 0 bridgehead atoms. The third-order valence-corrected chi connectivity index (χ3v) is 2.16. The van der Waals surface area contributed by atoms with E-state index in [-0.39, 0.29) is 0 Å². The minimum atomic E-state index is -0.500. The molecule has 0 saturated heterocycles. The van der Waals surface area contributed by atoms with Crippen LogP contribution in [0.25, 0.3) is 0 Å². The second-order valence-corrected chi connectivity index (χ2v) is 5.87. The van der Waals surface area contributed by atoms with Gasteiger partial charge in [0.25, 0.3) is 0 Å². The molecule has 0 atom stereocenters. The number of hydrogen-bond acceptors (Lipinski definition) is 3. The van der Waals surface area contributed by atoms with E-state index in [2.05, 4.69) is 13.8 Å². The van der Waals surface area contributed by atoms with Gasteiger partial charge in [0.2, 0.25) is 0 Å². The molecule has 1 aliphatic rings. The molecule has 0 radical (unpaired) electrons. The van der Waals surface area contributed by atoms with Crippen molar-refractivity contribution in [2.24, 2.45) is 5.41 Å². The highest BCUT2D eigenvalue weighted by atomic mass is 16.3. The van der Waals surface area contributed by atoms with E-state index in [9.17, 15) is 4.79 Å². The van der Waals surface area contributed by atoms with Crippen molar-refractivity contribution in [2.45, 2.75) is 65.9 Å². The van der Waals surface area contributed by atoms with Crippen molar-refractivity contribution in [2.75, 3.05) is 0 Å². The predicted octanol–water partition coefficient (Wildman–Crippen LogP) is 2.75. The van der Waals surface area contributed by atoms with Crippen molar-refractivity contribution in [1.82, 2.24) is 0 Å². The van der Waals surface area contributed by atoms with E-state index in [1.54, 1.807) is 20.8 Å². The molecule has 1 rings (SSSR count). The number of ketones is 1. The summed E-state index contributed by atoms with van der Waals surface area (Å²) in [6.07, 6.45) is 3.80. The van der Waals surface area contributed by atoms with Crippen LogP contribution in [0.15, 0.2) is 0 Å². The molecule has 96 valence electrons. The highest BCUT2D eigenvalue weighted by Gasteiger charge is 2.24. The third-order valence-electron chi connectivity index (χ3n) is 2.16. The van der Waals surface area contributed by atoms with Gasteiger partial charge in [-0.2, -0.15) is 0 Å². The van der Waals surface area contributed by atoms with Crippen molar-refractivity contribution < 1.29 is 14.7 Å². The van der Waals surface area contributed by atoms with Crippen LogP contribution in [0, 0.1) is 5.41 Å². The van der Waals surface area contributed by atoms with Crippen LogP contribution in [0.1, 0.15) is 60.3 Å². The summed E-state index contributed by atoms with van der Waals surface area (Å²) in [5, 5.41) is 8.52. The zero-order chi connectivity index (χ0) is 13.4. The van der Waals surface area contributed by atoms with Crippen molar-refractivity contribution in [3.05, 3.63) is 0 Å². The Morgan fingerprint density at radius 3 is 1.56 bits per heavy atom. The molecule has 0 spiro atoms. The number of Topliss-reactive ketones (excluding diaryl/α,β-unsaturated/α-hetero) is 1. The number of carbonyl (C=O) groups is 2.